The SMILES string of the molecule is Cc1nccn1CCCOc1cccc(CN2CCC(O)(COc3ccc(Cl)c(Cl)c3)CC2)c1. The summed E-state index contributed by atoms with van der Waals surface area (Å²) in [6, 6.07) is 13.4. The highest BCUT2D eigenvalue weighted by molar-refractivity contribution is 6.42. The maximum Gasteiger partial charge on any atom is 0.121 e. The Balaban J connectivity index is 1.20. The molecule has 0 unspecified atom stereocenters. The van der Waals surface area contributed by atoms with Crippen LogP contribution in [0, 0.1) is 6.92 Å². The van der Waals surface area contributed by atoms with Crippen molar-refractivity contribution >= 4 is 23.2 Å². The molecule has 2 heterocycles. The van der Waals surface area contributed by atoms with Crippen LogP contribution < -0.4 is 9.47 Å². The van der Waals surface area contributed by atoms with E-state index in [2.05, 4.69) is 26.6 Å². The standard InChI is InChI=1S/C26H31Cl2N3O3/c1-20-29-10-14-31(20)11-3-15-33-22-5-2-4-21(16-22)18-30-12-8-26(32,9-13-30)19-34-23-6-7-24(27)25(28)17-23/h2,4-7,10,14,16-17,32H,3,8-9,11-13,15,18-19H2,1H3. The lowest BCUT2D eigenvalue weighted by molar-refractivity contribution is -0.0537. The predicted molar refractivity (Wildman–Crippen MR) is 135 cm³/mol. The van der Waals surface area contributed by atoms with Gasteiger partial charge in [0.1, 0.15) is 29.5 Å². The molecule has 0 amide bonds. The number of hydrogen-bond donors (Lipinski definition) is 1. The van der Waals surface area contributed by atoms with E-state index in [1.807, 2.05) is 31.5 Å². The molecule has 0 spiro atoms. The first-order valence-electron chi connectivity index (χ1n) is 11.6. The van der Waals surface area contributed by atoms with Gasteiger partial charge in [0.25, 0.3) is 0 Å². The van der Waals surface area contributed by atoms with Gasteiger partial charge >= 0.3 is 0 Å². The summed E-state index contributed by atoms with van der Waals surface area (Å²) in [6.07, 6.45) is 6.05. The Bertz CT molecular complexity index is 1080. The van der Waals surface area contributed by atoms with Gasteiger partial charge in [0, 0.05) is 44.6 Å². The molecule has 0 atom stereocenters. The van der Waals surface area contributed by atoms with Gasteiger partial charge in [-0.25, -0.2) is 4.98 Å². The molecule has 1 saturated heterocycles. The van der Waals surface area contributed by atoms with E-state index in [0.717, 1.165) is 44.2 Å². The second-order valence-electron chi connectivity index (χ2n) is 8.88. The minimum Gasteiger partial charge on any atom is -0.494 e. The van der Waals surface area contributed by atoms with Gasteiger partial charge in [-0.05, 0) is 56.0 Å². The topological polar surface area (TPSA) is 59.8 Å². The van der Waals surface area contributed by atoms with Crippen LogP contribution in [0.25, 0.3) is 0 Å². The molecule has 1 aliphatic rings. The van der Waals surface area contributed by atoms with Gasteiger partial charge < -0.3 is 19.1 Å². The summed E-state index contributed by atoms with van der Waals surface area (Å²) >= 11 is 12.0. The van der Waals surface area contributed by atoms with Crippen LogP contribution in [0.5, 0.6) is 11.5 Å². The summed E-state index contributed by atoms with van der Waals surface area (Å²) in [5.74, 6) is 2.53. The molecule has 0 bridgehead atoms. The Morgan fingerprint density at radius 3 is 2.56 bits per heavy atom. The lowest BCUT2D eigenvalue weighted by atomic mass is 9.92. The average molecular weight is 504 g/mol. The number of rotatable bonds is 10. The normalized spacial score (nSPS) is 15.9. The predicted octanol–water partition coefficient (Wildman–Crippen LogP) is 5.37. The highest BCUT2D eigenvalue weighted by Gasteiger charge is 2.33. The Labute approximate surface area is 211 Å². The molecule has 0 saturated carbocycles. The van der Waals surface area contributed by atoms with Gasteiger partial charge in [-0.15, -0.1) is 0 Å². The number of aromatic nitrogens is 2. The van der Waals surface area contributed by atoms with E-state index in [1.54, 1.807) is 18.2 Å². The number of piperidine rings is 1. The van der Waals surface area contributed by atoms with E-state index in [9.17, 15) is 5.11 Å². The third-order valence-electron chi connectivity index (χ3n) is 6.23. The summed E-state index contributed by atoms with van der Waals surface area (Å²) in [7, 11) is 0. The Hall–Kier alpha value is -2.25. The number of ether oxygens (including phenoxy) is 2. The van der Waals surface area contributed by atoms with Crippen molar-refractivity contribution in [2.75, 3.05) is 26.3 Å². The zero-order valence-electron chi connectivity index (χ0n) is 19.4. The van der Waals surface area contributed by atoms with Crippen LogP contribution in [-0.2, 0) is 13.1 Å². The molecule has 182 valence electrons. The van der Waals surface area contributed by atoms with E-state index in [0.29, 0.717) is 35.2 Å². The lowest BCUT2D eigenvalue weighted by Crippen LogP contribution is -2.47. The molecule has 8 heteroatoms. The monoisotopic (exact) mass is 503 g/mol. The minimum absolute atomic E-state index is 0.237. The van der Waals surface area contributed by atoms with Gasteiger partial charge in [-0.1, -0.05) is 35.3 Å². The lowest BCUT2D eigenvalue weighted by Gasteiger charge is -2.38. The molecule has 1 aliphatic heterocycles. The molecule has 4 rings (SSSR count). The third-order valence-corrected chi connectivity index (χ3v) is 6.96. The van der Waals surface area contributed by atoms with Gasteiger partial charge in [0.05, 0.1) is 16.7 Å². The molecular weight excluding hydrogens is 473 g/mol. The smallest absolute Gasteiger partial charge is 0.121 e. The molecule has 1 fully saturated rings. The van der Waals surface area contributed by atoms with Crippen molar-refractivity contribution in [3.05, 3.63) is 76.3 Å². The van der Waals surface area contributed by atoms with Crippen molar-refractivity contribution in [1.82, 2.24) is 14.5 Å². The van der Waals surface area contributed by atoms with Crippen LogP contribution in [0.3, 0.4) is 0 Å². The van der Waals surface area contributed by atoms with Crippen LogP contribution in [0.15, 0.2) is 54.9 Å². The Morgan fingerprint density at radius 2 is 1.82 bits per heavy atom. The van der Waals surface area contributed by atoms with Gasteiger partial charge in [-0.2, -0.15) is 0 Å². The van der Waals surface area contributed by atoms with Crippen molar-refractivity contribution < 1.29 is 14.6 Å². The van der Waals surface area contributed by atoms with E-state index in [1.165, 1.54) is 5.56 Å². The average Bonchev–Trinajstić information content (AvgIpc) is 3.24. The number of nitrogens with zero attached hydrogens (tertiary/aromatic N) is 3. The van der Waals surface area contributed by atoms with Crippen LogP contribution in [0.4, 0.5) is 0 Å². The zero-order chi connectivity index (χ0) is 24.0. The summed E-state index contributed by atoms with van der Waals surface area (Å²) in [6.45, 7) is 6.24. The van der Waals surface area contributed by atoms with E-state index in [4.69, 9.17) is 32.7 Å². The fraction of sp³-hybridized carbons (Fsp3) is 0.423. The number of aryl methyl sites for hydroxylation is 2. The van der Waals surface area contributed by atoms with E-state index < -0.39 is 5.60 Å². The molecule has 3 aromatic rings. The maximum atomic E-state index is 11.0. The van der Waals surface area contributed by atoms with Crippen molar-refractivity contribution in [2.24, 2.45) is 0 Å². The van der Waals surface area contributed by atoms with Gasteiger partial charge in [0.2, 0.25) is 0 Å². The van der Waals surface area contributed by atoms with Crippen molar-refractivity contribution in [2.45, 2.75) is 44.9 Å². The van der Waals surface area contributed by atoms with Crippen molar-refractivity contribution in [3.8, 4) is 11.5 Å². The maximum absolute atomic E-state index is 11.0. The second kappa shape index (κ2) is 11.5. The number of hydrogen-bond acceptors (Lipinski definition) is 5. The van der Waals surface area contributed by atoms with Gasteiger partial charge in [-0.3, -0.25) is 4.90 Å². The van der Waals surface area contributed by atoms with E-state index in [-0.39, 0.29) is 6.61 Å². The second-order valence-corrected chi connectivity index (χ2v) is 9.70. The largest absolute Gasteiger partial charge is 0.494 e. The molecule has 6 nitrogen and oxygen atoms in total. The minimum atomic E-state index is -0.846. The number of likely N-dealkylation sites (tertiary alicyclic amines) is 1. The Kier molecular flexibility index (Phi) is 8.37. The molecule has 1 aromatic heterocycles. The summed E-state index contributed by atoms with van der Waals surface area (Å²) in [5, 5.41) is 11.9. The van der Waals surface area contributed by atoms with Crippen LogP contribution >= 0.6 is 23.2 Å². The quantitative estimate of drug-likeness (QED) is 0.376. The number of aliphatic hydroxyl groups is 1. The van der Waals surface area contributed by atoms with Crippen molar-refractivity contribution in [1.29, 1.82) is 0 Å². The molecule has 1 N–H and O–H groups in total. The van der Waals surface area contributed by atoms with Crippen LogP contribution in [0.1, 0.15) is 30.7 Å². The fourth-order valence-electron chi connectivity index (χ4n) is 4.11. The zero-order valence-corrected chi connectivity index (χ0v) is 20.9. The van der Waals surface area contributed by atoms with Gasteiger partial charge in [0.15, 0.2) is 0 Å². The Morgan fingerprint density at radius 1 is 1.03 bits per heavy atom. The molecular formula is C26H31Cl2N3O3. The molecule has 0 aliphatic carbocycles. The summed E-state index contributed by atoms with van der Waals surface area (Å²) < 4.78 is 13.9. The molecule has 2 aromatic carbocycles. The van der Waals surface area contributed by atoms with E-state index >= 15 is 0 Å². The number of benzene rings is 2. The fourth-order valence-corrected chi connectivity index (χ4v) is 4.40. The summed E-state index contributed by atoms with van der Waals surface area (Å²) in [4.78, 5) is 6.60. The van der Waals surface area contributed by atoms with Crippen LogP contribution in [-0.4, -0.2) is 51.5 Å². The highest BCUT2D eigenvalue weighted by atomic mass is 35.5. The first kappa shape index (κ1) is 24.9. The first-order valence-corrected chi connectivity index (χ1v) is 12.4. The summed E-state index contributed by atoms with van der Waals surface area (Å²) in [5.41, 5.74) is 0.363. The number of imidazole rings is 1. The highest BCUT2D eigenvalue weighted by Crippen LogP contribution is 2.29. The van der Waals surface area contributed by atoms with Crippen molar-refractivity contribution in [3.63, 3.8) is 0 Å². The third kappa shape index (κ3) is 6.89. The first-order chi connectivity index (χ1) is 16.4. The molecule has 34 heavy (non-hydrogen) atoms. The number of halogens is 2. The molecule has 0 radical (unpaired) electrons. The van der Waals surface area contributed by atoms with Crippen LogP contribution in [0.2, 0.25) is 10.0 Å².